The van der Waals surface area contributed by atoms with Crippen molar-refractivity contribution in [1.29, 1.82) is 0 Å². The molecule has 0 saturated heterocycles. The molecule has 1 aromatic carbocycles. The first-order valence-corrected chi connectivity index (χ1v) is 14.9. The number of anilines is 2. The molecule has 2 rings (SSSR count). The van der Waals surface area contributed by atoms with Gasteiger partial charge < -0.3 is 5.32 Å². The van der Waals surface area contributed by atoms with Gasteiger partial charge in [0.1, 0.15) is 5.84 Å². The average molecular weight is 521 g/mol. The Hall–Kier alpha value is -2.42. The van der Waals surface area contributed by atoms with Gasteiger partial charge >= 0.3 is 0 Å². The Bertz CT molecular complexity index is 998. The highest BCUT2D eigenvalue weighted by Crippen LogP contribution is 2.26. The Morgan fingerprint density at radius 1 is 0.944 bits per heavy atom. The normalized spacial score (nSPS) is 16.2. The van der Waals surface area contributed by atoms with Crippen LogP contribution in [0, 0.1) is 11.3 Å². The lowest BCUT2D eigenvalue weighted by molar-refractivity contribution is -0.127. The van der Waals surface area contributed by atoms with E-state index in [0.717, 1.165) is 12.8 Å². The molecule has 1 unspecified atom stereocenters. The molecule has 9 heteroatoms. The van der Waals surface area contributed by atoms with Crippen LogP contribution in [0.15, 0.2) is 29.4 Å². The van der Waals surface area contributed by atoms with Crippen molar-refractivity contribution in [3.63, 3.8) is 0 Å². The molecule has 0 aromatic heterocycles. The molecule has 202 valence electrons. The van der Waals surface area contributed by atoms with E-state index in [4.69, 9.17) is 0 Å². The summed E-state index contributed by atoms with van der Waals surface area (Å²) in [4.78, 5) is 25.0. The van der Waals surface area contributed by atoms with E-state index < -0.39 is 21.4 Å². The fourth-order valence-electron chi connectivity index (χ4n) is 3.85. The average Bonchev–Trinajstić information content (AvgIpc) is 3.08. The van der Waals surface area contributed by atoms with Gasteiger partial charge in [-0.1, -0.05) is 85.5 Å². The Labute approximate surface area is 217 Å². The van der Waals surface area contributed by atoms with Crippen LogP contribution >= 0.6 is 0 Å². The molecule has 8 nitrogen and oxygen atoms in total. The quantitative estimate of drug-likeness (QED) is 0.302. The van der Waals surface area contributed by atoms with Gasteiger partial charge in [-0.25, -0.2) is 8.42 Å². The van der Waals surface area contributed by atoms with Gasteiger partial charge in [0.2, 0.25) is 15.9 Å². The van der Waals surface area contributed by atoms with E-state index in [1.54, 1.807) is 52.0 Å². The van der Waals surface area contributed by atoms with Crippen molar-refractivity contribution in [1.82, 2.24) is 5.32 Å². The van der Waals surface area contributed by atoms with Crippen LogP contribution < -0.4 is 15.0 Å². The van der Waals surface area contributed by atoms with Crippen LogP contribution in [0.3, 0.4) is 0 Å². The smallest absolute Gasteiger partial charge is 0.257 e. The van der Waals surface area contributed by atoms with Crippen LogP contribution in [0.5, 0.6) is 0 Å². The zero-order valence-electron chi connectivity index (χ0n) is 22.6. The Kier molecular flexibility index (Phi) is 11.4. The molecule has 1 heterocycles. The molecule has 0 aliphatic carbocycles. The van der Waals surface area contributed by atoms with Crippen molar-refractivity contribution in [2.24, 2.45) is 16.4 Å². The number of hydrogen-bond donors (Lipinski definition) is 2. The molecule has 1 aromatic rings. The van der Waals surface area contributed by atoms with Crippen LogP contribution in [-0.2, 0) is 19.6 Å². The lowest BCUT2D eigenvalue weighted by atomic mass is 9.95. The second-order valence-corrected chi connectivity index (χ2v) is 12.6. The summed E-state index contributed by atoms with van der Waals surface area (Å²) in [6, 6.07) is 6.51. The van der Waals surface area contributed by atoms with Gasteiger partial charge in [-0.15, -0.1) is 0 Å². The first kappa shape index (κ1) is 29.8. The Balaban J connectivity index is 1.81. The van der Waals surface area contributed by atoms with Crippen molar-refractivity contribution in [2.45, 2.75) is 98.8 Å². The van der Waals surface area contributed by atoms with Crippen LogP contribution in [0.1, 0.15) is 98.8 Å². The van der Waals surface area contributed by atoms with Crippen molar-refractivity contribution < 1.29 is 18.0 Å². The molecule has 2 N–H and O–H groups in total. The summed E-state index contributed by atoms with van der Waals surface area (Å²) in [6.07, 6.45) is 11.5. The SMILES string of the molecule is CCCCCCCCCCCCS(=O)(=O)Nc1ccc(N2N=C(NC(=O)C(C)(C)C)C(C)C2=O)cc1. The minimum absolute atomic E-state index is 0.0918. The van der Waals surface area contributed by atoms with Crippen molar-refractivity contribution in [2.75, 3.05) is 15.5 Å². The summed E-state index contributed by atoms with van der Waals surface area (Å²) in [5, 5.41) is 8.28. The van der Waals surface area contributed by atoms with E-state index >= 15 is 0 Å². The lowest BCUT2D eigenvalue weighted by Gasteiger charge is -2.17. The molecule has 1 aliphatic rings. The number of unbranched alkanes of at least 4 members (excludes halogenated alkanes) is 9. The highest BCUT2D eigenvalue weighted by molar-refractivity contribution is 7.92. The Morgan fingerprint density at radius 3 is 2.00 bits per heavy atom. The molecule has 0 spiro atoms. The number of sulfonamides is 1. The first-order valence-electron chi connectivity index (χ1n) is 13.3. The third-order valence-electron chi connectivity index (χ3n) is 6.27. The second-order valence-electron chi connectivity index (χ2n) is 10.7. The van der Waals surface area contributed by atoms with E-state index in [-0.39, 0.29) is 17.6 Å². The van der Waals surface area contributed by atoms with E-state index in [0.29, 0.717) is 23.6 Å². The molecule has 0 radical (unpaired) electrons. The second kappa shape index (κ2) is 13.8. The summed E-state index contributed by atoms with van der Waals surface area (Å²) >= 11 is 0. The molecule has 0 saturated carbocycles. The fourth-order valence-corrected chi connectivity index (χ4v) is 5.03. The molecule has 1 atom stereocenters. The maximum atomic E-state index is 12.7. The topological polar surface area (TPSA) is 108 Å². The van der Waals surface area contributed by atoms with E-state index in [1.807, 2.05) is 0 Å². The van der Waals surface area contributed by atoms with Crippen LogP contribution in [0.25, 0.3) is 0 Å². The minimum Gasteiger partial charge on any atom is -0.312 e. The highest BCUT2D eigenvalue weighted by Gasteiger charge is 2.36. The number of hydrogen-bond acceptors (Lipinski definition) is 5. The summed E-state index contributed by atoms with van der Waals surface area (Å²) < 4.78 is 27.5. The van der Waals surface area contributed by atoms with Gasteiger partial charge in [0.15, 0.2) is 0 Å². The number of hydrazone groups is 1. The van der Waals surface area contributed by atoms with Crippen LogP contribution in [0.4, 0.5) is 11.4 Å². The Morgan fingerprint density at radius 2 is 1.47 bits per heavy atom. The number of amides is 2. The molecule has 0 bridgehead atoms. The zero-order chi connectivity index (χ0) is 26.8. The van der Waals surface area contributed by atoms with Crippen LogP contribution in [0.2, 0.25) is 0 Å². The maximum Gasteiger partial charge on any atom is 0.257 e. The number of nitrogens with one attached hydrogen (secondary N) is 2. The molecular weight excluding hydrogens is 476 g/mol. The minimum atomic E-state index is -3.44. The number of amidine groups is 1. The lowest BCUT2D eigenvalue weighted by Crippen LogP contribution is -2.41. The van der Waals surface area contributed by atoms with Crippen molar-refractivity contribution in [3.8, 4) is 0 Å². The molecule has 36 heavy (non-hydrogen) atoms. The molecule has 0 fully saturated rings. The summed E-state index contributed by atoms with van der Waals surface area (Å²) in [6.45, 7) is 9.28. The molecular formula is C27H44N4O4S. The van der Waals surface area contributed by atoms with Crippen molar-refractivity contribution in [3.05, 3.63) is 24.3 Å². The van der Waals surface area contributed by atoms with Crippen molar-refractivity contribution >= 4 is 39.0 Å². The van der Waals surface area contributed by atoms with E-state index in [2.05, 4.69) is 22.1 Å². The summed E-state index contributed by atoms with van der Waals surface area (Å²) in [7, 11) is -3.44. The van der Waals surface area contributed by atoms with Gasteiger partial charge in [-0.05, 0) is 37.6 Å². The predicted octanol–water partition coefficient (Wildman–Crippen LogP) is 5.81. The highest BCUT2D eigenvalue weighted by atomic mass is 32.2. The number of rotatable bonds is 14. The third kappa shape index (κ3) is 9.56. The van der Waals surface area contributed by atoms with Gasteiger partial charge in [0.25, 0.3) is 5.91 Å². The van der Waals surface area contributed by atoms with Gasteiger partial charge in [0, 0.05) is 11.1 Å². The number of benzene rings is 1. The monoisotopic (exact) mass is 520 g/mol. The van der Waals surface area contributed by atoms with Gasteiger partial charge in [-0.2, -0.15) is 10.1 Å². The standard InChI is InChI=1S/C27H44N4O4S/c1-6-7-8-9-10-11-12-13-14-15-20-36(34,35)30-22-16-18-23(19-17-22)31-25(32)21(2)24(29-31)28-26(33)27(3,4)5/h16-19,21,30H,6-15,20H2,1-5H3,(H,28,29,33). The summed E-state index contributed by atoms with van der Waals surface area (Å²) in [5.41, 5.74) is 0.339. The van der Waals surface area contributed by atoms with Crippen LogP contribution in [-0.4, -0.2) is 31.8 Å². The third-order valence-corrected chi connectivity index (χ3v) is 7.64. The number of carbonyl (C=O) groups is 2. The van der Waals surface area contributed by atoms with Gasteiger partial charge in [0.05, 0.1) is 17.4 Å². The molecule has 1 aliphatic heterocycles. The van der Waals surface area contributed by atoms with E-state index in [9.17, 15) is 18.0 Å². The first-order chi connectivity index (χ1) is 16.9. The van der Waals surface area contributed by atoms with Gasteiger partial charge in [-0.3, -0.25) is 14.3 Å². The number of carbonyl (C=O) groups excluding carboxylic acids is 2. The molecule has 2 amide bonds. The number of nitrogens with zero attached hydrogens (tertiary/aromatic N) is 2. The fraction of sp³-hybridized carbons (Fsp3) is 0.667. The summed E-state index contributed by atoms with van der Waals surface area (Å²) in [5.74, 6) is -0.644. The maximum absolute atomic E-state index is 12.7. The largest absolute Gasteiger partial charge is 0.312 e. The predicted molar refractivity (Wildman–Crippen MR) is 147 cm³/mol. The van der Waals surface area contributed by atoms with E-state index in [1.165, 1.54) is 50.0 Å². The zero-order valence-corrected chi connectivity index (χ0v) is 23.4.